The van der Waals surface area contributed by atoms with E-state index in [-0.39, 0.29) is 12.0 Å². The Morgan fingerprint density at radius 3 is 2.91 bits per heavy atom. The lowest BCUT2D eigenvalue weighted by atomic mass is 10.1. The Morgan fingerprint density at radius 2 is 2.09 bits per heavy atom. The van der Waals surface area contributed by atoms with Crippen molar-refractivity contribution in [1.82, 2.24) is 15.0 Å². The molecule has 23 heavy (non-hydrogen) atoms. The van der Waals surface area contributed by atoms with E-state index in [2.05, 4.69) is 39.3 Å². The van der Waals surface area contributed by atoms with Crippen molar-refractivity contribution in [2.45, 2.75) is 25.0 Å². The minimum Gasteiger partial charge on any atom is -0.381 e. The van der Waals surface area contributed by atoms with Crippen LogP contribution in [0.2, 0.25) is 0 Å². The minimum atomic E-state index is -0.143. The first kappa shape index (κ1) is 14.8. The number of benzene rings is 1. The molecule has 2 aromatic rings. The van der Waals surface area contributed by atoms with E-state index in [1.54, 1.807) is 0 Å². The summed E-state index contributed by atoms with van der Waals surface area (Å²) in [5, 5.41) is 4.12. The van der Waals surface area contributed by atoms with Gasteiger partial charge in [-0.25, -0.2) is 0 Å². The number of ether oxygens (including phenoxy) is 2. The Hall–Kier alpha value is -1.76. The lowest BCUT2D eigenvalue weighted by Gasteiger charge is -2.31. The van der Waals surface area contributed by atoms with Crippen molar-refractivity contribution < 1.29 is 14.0 Å². The van der Waals surface area contributed by atoms with Crippen molar-refractivity contribution >= 4 is 0 Å². The fourth-order valence-corrected chi connectivity index (χ4v) is 3.12. The van der Waals surface area contributed by atoms with Crippen LogP contribution in [-0.4, -0.2) is 48.0 Å². The first-order valence-electron chi connectivity index (χ1n) is 8.17. The third-order valence-corrected chi connectivity index (χ3v) is 4.43. The van der Waals surface area contributed by atoms with Gasteiger partial charge in [0.15, 0.2) is 5.82 Å². The van der Waals surface area contributed by atoms with Crippen LogP contribution in [0.15, 0.2) is 34.9 Å². The van der Waals surface area contributed by atoms with Gasteiger partial charge in [0.2, 0.25) is 0 Å². The van der Waals surface area contributed by atoms with Crippen molar-refractivity contribution in [2.24, 2.45) is 0 Å². The largest absolute Gasteiger partial charge is 0.381 e. The summed E-state index contributed by atoms with van der Waals surface area (Å²) in [6.45, 7) is 4.75. The second-order valence-electron chi connectivity index (χ2n) is 6.13. The fourth-order valence-electron chi connectivity index (χ4n) is 3.12. The highest BCUT2D eigenvalue weighted by molar-refractivity contribution is 5.14. The summed E-state index contributed by atoms with van der Waals surface area (Å²) >= 11 is 0. The van der Waals surface area contributed by atoms with Gasteiger partial charge in [0, 0.05) is 32.2 Å². The first-order valence-corrected chi connectivity index (χ1v) is 8.17. The van der Waals surface area contributed by atoms with Gasteiger partial charge in [-0.3, -0.25) is 4.90 Å². The molecule has 2 aliphatic heterocycles. The molecule has 122 valence electrons. The maximum atomic E-state index is 5.84. The molecule has 0 unspecified atom stereocenters. The van der Waals surface area contributed by atoms with Crippen LogP contribution >= 0.6 is 0 Å². The van der Waals surface area contributed by atoms with Gasteiger partial charge in [0.05, 0.1) is 13.2 Å². The van der Waals surface area contributed by atoms with E-state index in [1.807, 2.05) is 6.07 Å². The predicted molar refractivity (Wildman–Crippen MR) is 82.9 cm³/mol. The number of morpholine rings is 1. The second-order valence-corrected chi connectivity index (χ2v) is 6.13. The van der Waals surface area contributed by atoms with Gasteiger partial charge in [-0.05, 0) is 12.0 Å². The molecule has 1 aromatic carbocycles. The van der Waals surface area contributed by atoms with Crippen molar-refractivity contribution in [3.8, 4) is 0 Å². The molecule has 0 saturated carbocycles. The van der Waals surface area contributed by atoms with Crippen LogP contribution < -0.4 is 0 Å². The zero-order chi connectivity index (χ0) is 15.5. The molecular formula is C17H21N3O3. The lowest BCUT2D eigenvalue weighted by molar-refractivity contribution is -0.0475. The molecule has 0 N–H and O–H groups in total. The second kappa shape index (κ2) is 6.78. The van der Waals surface area contributed by atoms with Crippen LogP contribution in [0, 0.1) is 0 Å². The van der Waals surface area contributed by atoms with Crippen molar-refractivity contribution in [3.63, 3.8) is 0 Å². The maximum absolute atomic E-state index is 5.84. The normalized spacial score (nSPS) is 25.7. The van der Waals surface area contributed by atoms with E-state index in [0.29, 0.717) is 19.1 Å². The zero-order valence-corrected chi connectivity index (χ0v) is 13.1. The number of rotatable bonds is 4. The molecule has 0 amide bonds. The molecule has 6 heteroatoms. The molecule has 0 aliphatic carbocycles. The lowest BCUT2D eigenvalue weighted by Crippen LogP contribution is -2.37. The summed E-state index contributed by atoms with van der Waals surface area (Å²) in [5.74, 6) is 1.60. The van der Waals surface area contributed by atoms with Crippen molar-refractivity contribution in [2.75, 3.05) is 32.9 Å². The molecule has 4 rings (SSSR count). The summed E-state index contributed by atoms with van der Waals surface area (Å²) < 4.78 is 16.7. The van der Waals surface area contributed by atoms with Gasteiger partial charge in [0.25, 0.3) is 5.89 Å². The highest BCUT2D eigenvalue weighted by Crippen LogP contribution is 2.26. The first-order chi connectivity index (χ1) is 11.4. The third kappa shape index (κ3) is 3.44. The van der Waals surface area contributed by atoms with E-state index in [4.69, 9.17) is 14.0 Å². The van der Waals surface area contributed by atoms with Gasteiger partial charge in [-0.1, -0.05) is 35.5 Å². The number of aromatic nitrogens is 2. The van der Waals surface area contributed by atoms with Crippen LogP contribution in [0.5, 0.6) is 0 Å². The molecule has 6 nitrogen and oxygen atoms in total. The van der Waals surface area contributed by atoms with Gasteiger partial charge in [0.1, 0.15) is 6.10 Å². The molecule has 1 aromatic heterocycles. The van der Waals surface area contributed by atoms with Gasteiger partial charge in [-0.2, -0.15) is 4.98 Å². The maximum Gasteiger partial charge on any atom is 0.257 e. The Bertz CT molecular complexity index is 625. The summed E-state index contributed by atoms with van der Waals surface area (Å²) in [5.41, 5.74) is 1.31. The molecular weight excluding hydrogens is 294 g/mol. The highest BCUT2D eigenvalue weighted by atomic mass is 16.5. The average Bonchev–Trinajstić information content (AvgIpc) is 3.28. The Balaban J connectivity index is 1.41. The van der Waals surface area contributed by atoms with Crippen molar-refractivity contribution in [1.29, 1.82) is 0 Å². The van der Waals surface area contributed by atoms with E-state index in [9.17, 15) is 0 Å². The molecule has 0 spiro atoms. The minimum absolute atomic E-state index is 0.143. The molecule has 0 bridgehead atoms. The molecule has 2 aliphatic rings. The van der Waals surface area contributed by atoms with Crippen LogP contribution in [0.1, 0.15) is 35.7 Å². The number of hydrogen-bond acceptors (Lipinski definition) is 6. The smallest absolute Gasteiger partial charge is 0.257 e. The standard InChI is InChI=1S/C17H21N3O3/c1-2-4-13(5-3-1)10-20-7-9-22-15(11-20)17-18-16(19-23-17)14-6-8-21-12-14/h1-5,14-15H,6-12H2/t14-,15-/m1/s1. The monoisotopic (exact) mass is 315 g/mol. The van der Waals surface area contributed by atoms with Crippen LogP contribution in [0.3, 0.4) is 0 Å². The molecule has 2 saturated heterocycles. The summed E-state index contributed by atoms with van der Waals surface area (Å²) in [6.07, 6.45) is 0.820. The third-order valence-electron chi connectivity index (χ3n) is 4.43. The number of hydrogen-bond donors (Lipinski definition) is 0. The van der Waals surface area contributed by atoms with Gasteiger partial charge < -0.3 is 14.0 Å². The van der Waals surface area contributed by atoms with E-state index < -0.39 is 0 Å². The Morgan fingerprint density at radius 1 is 1.17 bits per heavy atom. The SMILES string of the molecule is c1ccc(CN2CCO[C@@H](c3nc([C@@H]4CCOC4)no3)C2)cc1. The highest BCUT2D eigenvalue weighted by Gasteiger charge is 2.29. The summed E-state index contributed by atoms with van der Waals surface area (Å²) in [7, 11) is 0. The molecule has 0 radical (unpaired) electrons. The van der Waals surface area contributed by atoms with E-state index in [0.717, 1.165) is 38.5 Å². The molecule has 2 fully saturated rings. The van der Waals surface area contributed by atoms with Gasteiger partial charge >= 0.3 is 0 Å². The summed E-state index contributed by atoms with van der Waals surface area (Å²) in [6, 6.07) is 10.5. The van der Waals surface area contributed by atoms with Crippen molar-refractivity contribution in [3.05, 3.63) is 47.6 Å². The zero-order valence-electron chi connectivity index (χ0n) is 13.1. The van der Waals surface area contributed by atoms with E-state index >= 15 is 0 Å². The van der Waals surface area contributed by atoms with Crippen LogP contribution in [0.4, 0.5) is 0 Å². The molecule has 3 heterocycles. The Labute approximate surface area is 135 Å². The van der Waals surface area contributed by atoms with Crippen LogP contribution in [0.25, 0.3) is 0 Å². The van der Waals surface area contributed by atoms with Crippen LogP contribution in [-0.2, 0) is 16.0 Å². The average molecular weight is 315 g/mol. The van der Waals surface area contributed by atoms with E-state index in [1.165, 1.54) is 5.56 Å². The predicted octanol–water partition coefficient (Wildman–Crippen LogP) is 2.15. The quantitative estimate of drug-likeness (QED) is 0.861. The topological polar surface area (TPSA) is 60.6 Å². The Kier molecular flexibility index (Phi) is 4.37. The molecule has 2 atom stereocenters. The fraction of sp³-hybridized carbons (Fsp3) is 0.529. The number of nitrogens with zero attached hydrogens (tertiary/aromatic N) is 3. The van der Waals surface area contributed by atoms with Gasteiger partial charge in [-0.15, -0.1) is 0 Å². The summed E-state index contributed by atoms with van der Waals surface area (Å²) in [4.78, 5) is 6.92.